The van der Waals surface area contributed by atoms with Crippen molar-refractivity contribution in [2.75, 3.05) is 13.1 Å². The molecule has 7 heteroatoms. The van der Waals surface area contributed by atoms with Gasteiger partial charge in [0.25, 0.3) is 0 Å². The van der Waals surface area contributed by atoms with Crippen LogP contribution in [0.3, 0.4) is 0 Å². The van der Waals surface area contributed by atoms with E-state index in [0.717, 1.165) is 24.8 Å². The lowest BCUT2D eigenvalue weighted by Crippen LogP contribution is -2.50. The largest absolute Gasteiger partial charge is 0.481 e. The molecule has 0 radical (unpaired) electrons. The zero-order valence-corrected chi connectivity index (χ0v) is 13.4. The number of benzene rings is 1. The number of hydrogen-bond acceptors (Lipinski definition) is 4. The Morgan fingerprint density at radius 3 is 2.42 bits per heavy atom. The van der Waals surface area contributed by atoms with E-state index in [1.54, 1.807) is 17.0 Å². The van der Waals surface area contributed by atoms with Gasteiger partial charge in [0.05, 0.1) is 6.42 Å². The Morgan fingerprint density at radius 2 is 1.79 bits per heavy atom. The van der Waals surface area contributed by atoms with Gasteiger partial charge in [-0.3, -0.25) is 9.59 Å². The quantitative estimate of drug-likeness (QED) is 0.826. The van der Waals surface area contributed by atoms with Crippen LogP contribution in [0.25, 0.3) is 0 Å². The molecule has 1 fully saturated rings. The van der Waals surface area contributed by atoms with Crippen molar-refractivity contribution in [3.05, 3.63) is 35.9 Å². The van der Waals surface area contributed by atoms with Crippen molar-refractivity contribution in [3.8, 4) is 0 Å². The fraction of sp³-hybridized carbons (Fsp3) is 0.471. The lowest BCUT2D eigenvalue weighted by Gasteiger charge is -2.30. The predicted molar refractivity (Wildman–Crippen MR) is 86.2 cm³/mol. The van der Waals surface area contributed by atoms with Crippen LogP contribution in [0.1, 0.15) is 31.2 Å². The summed E-state index contributed by atoms with van der Waals surface area (Å²) < 4.78 is 5.06. The van der Waals surface area contributed by atoms with E-state index in [2.05, 4.69) is 5.32 Å². The molecule has 2 N–H and O–H groups in total. The average Bonchev–Trinajstić information content (AvgIpc) is 2.60. The van der Waals surface area contributed by atoms with Gasteiger partial charge in [-0.2, -0.15) is 0 Å². The van der Waals surface area contributed by atoms with Crippen molar-refractivity contribution in [1.82, 2.24) is 10.2 Å². The number of carboxylic acid groups (broad SMARTS) is 1. The number of hydrogen-bond donors (Lipinski definition) is 2. The van der Waals surface area contributed by atoms with Crippen molar-refractivity contribution in [2.45, 2.75) is 38.3 Å². The number of carboxylic acids is 1. The molecular weight excluding hydrogens is 312 g/mol. The van der Waals surface area contributed by atoms with Gasteiger partial charge in [0.1, 0.15) is 12.6 Å². The first-order valence-electron chi connectivity index (χ1n) is 8.04. The molecule has 1 atom stereocenters. The highest BCUT2D eigenvalue weighted by Crippen LogP contribution is 2.11. The number of nitrogens with zero attached hydrogens (tertiary/aromatic N) is 1. The number of amides is 2. The molecule has 0 saturated carbocycles. The summed E-state index contributed by atoms with van der Waals surface area (Å²) in [4.78, 5) is 36.9. The number of nitrogens with one attached hydrogen (secondary N) is 1. The molecule has 1 saturated heterocycles. The van der Waals surface area contributed by atoms with E-state index in [-0.39, 0.29) is 12.5 Å². The van der Waals surface area contributed by atoms with Crippen molar-refractivity contribution >= 4 is 18.0 Å². The number of carbonyl (C=O) groups excluding carboxylic acids is 2. The maximum Gasteiger partial charge on any atom is 0.408 e. The van der Waals surface area contributed by atoms with E-state index >= 15 is 0 Å². The topological polar surface area (TPSA) is 95.9 Å². The third kappa shape index (κ3) is 5.57. The Kier molecular flexibility index (Phi) is 6.60. The zero-order chi connectivity index (χ0) is 17.4. The van der Waals surface area contributed by atoms with Crippen LogP contribution >= 0.6 is 0 Å². The first-order valence-corrected chi connectivity index (χ1v) is 8.04. The van der Waals surface area contributed by atoms with E-state index < -0.39 is 24.5 Å². The van der Waals surface area contributed by atoms with Crippen LogP contribution in [-0.2, 0) is 20.9 Å². The molecule has 1 aliphatic heterocycles. The summed E-state index contributed by atoms with van der Waals surface area (Å²) in [6, 6.07) is 8.00. The molecule has 130 valence electrons. The van der Waals surface area contributed by atoms with Gasteiger partial charge in [-0.1, -0.05) is 30.3 Å². The van der Waals surface area contributed by atoms with E-state index in [9.17, 15) is 14.4 Å². The van der Waals surface area contributed by atoms with Crippen LogP contribution in [0.5, 0.6) is 0 Å². The van der Waals surface area contributed by atoms with E-state index in [0.29, 0.717) is 13.1 Å². The molecule has 0 aliphatic carbocycles. The highest BCUT2D eigenvalue weighted by atomic mass is 16.5. The van der Waals surface area contributed by atoms with Crippen molar-refractivity contribution < 1.29 is 24.2 Å². The van der Waals surface area contributed by atoms with Crippen molar-refractivity contribution in [1.29, 1.82) is 0 Å². The number of ether oxygens (including phenoxy) is 1. The van der Waals surface area contributed by atoms with Crippen LogP contribution in [0.4, 0.5) is 4.79 Å². The van der Waals surface area contributed by atoms with Gasteiger partial charge in [-0.05, 0) is 24.8 Å². The number of carbonyl (C=O) groups is 3. The minimum Gasteiger partial charge on any atom is -0.481 e. The van der Waals surface area contributed by atoms with Gasteiger partial charge in [0.2, 0.25) is 5.91 Å². The highest BCUT2D eigenvalue weighted by molar-refractivity contribution is 5.89. The van der Waals surface area contributed by atoms with E-state index in [1.807, 2.05) is 18.2 Å². The first kappa shape index (κ1) is 17.8. The van der Waals surface area contributed by atoms with Gasteiger partial charge in [-0.15, -0.1) is 0 Å². The fourth-order valence-electron chi connectivity index (χ4n) is 2.62. The Hall–Kier alpha value is -2.57. The molecule has 1 aliphatic rings. The Balaban J connectivity index is 1.90. The Bertz CT molecular complexity index is 570. The molecule has 1 aromatic rings. The second-order valence-corrected chi connectivity index (χ2v) is 5.74. The Labute approximate surface area is 140 Å². The molecule has 24 heavy (non-hydrogen) atoms. The molecule has 1 aromatic carbocycles. The summed E-state index contributed by atoms with van der Waals surface area (Å²) in [6.45, 7) is 1.25. The first-order chi connectivity index (χ1) is 11.6. The smallest absolute Gasteiger partial charge is 0.408 e. The molecule has 0 unspecified atom stereocenters. The zero-order valence-electron chi connectivity index (χ0n) is 13.4. The average molecular weight is 334 g/mol. The third-order valence-electron chi connectivity index (χ3n) is 3.85. The number of alkyl carbamates (subject to hydrolysis) is 1. The lowest BCUT2D eigenvalue weighted by molar-refractivity contribution is -0.142. The van der Waals surface area contributed by atoms with Crippen LogP contribution in [0, 0.1) is 0 Å². The molecule has 7 nitrogen and oxygen atoms in total. The molecule has 2 rings (SSSR count). The minimum atomic E-state index is -1.14. The van der Waals surface area contributed by atoms with Crippen molar-refractivity contribution in [3.63, 3.8) is 0 Å². The SMILES string of the molecule is O=C(O)C[C@H](NC(=O)OCc1ccccc1)C(=O)N1CCCCC1. The van der Waals surface area contributed by atoms with Gasteiger partial charge in [-0.25, -0.2) is 4.79 Å². The van der Waals surface area contributed by atoms with Gasteiger partial charge < -0.3 is 20.1 Å². The van der Waals surface area contributed by atoms with Gasteiger partial charge in [0, 0.05) is 13.1 Å². The maximum atomic E-state index is 12.4. The molecule has 2 amide bonds. The summed E-state index contributed by atoms with van der Waals surface area (Å²) in [5, 5.41) is 11.4. The summed E-state index contributed by atoms with van der Waals surface area (Å²) in [5.74, 6) is -1.51. The summed E-state index contributed by atoms with van der Waals surface area (Å²) >= 11 is 0. The molecule has 0 aromatic heterocycles. The Morgan fingerprint density at radius 1 is 1.12 bits per heavy atom. The standard InChI is InChI=1S/C17H22N2O5/c20-15(21)11-14(16(22)19-9-5-2-6-10-19)18-17(23)24-12-13-7-3-1-4-8-13/h1,3-4,7-8,14H,2,5-6,9-12H2,(H,18,23)(H,20,21)/t14-/m0/s1. The number of aliphatic carboxylic acids is 1. The molecular formula is C17H22N2O5. The van der Waals surface area contributed by atoms with Crippen LogP contribution in [-0.4, -0.2) is 47.1 Å². The number of likely N-dealkylation sites (tertiary alicyclic amines) is 1. The molecule has 1 heterocycles. The van der Waals surface area contributed by atoms with Crippen LogP contribution in [0.15, 0.2) is 30.3 Å². The summed E-state index contributed by atoms with van der Waals surface area (Å²) in [5.41, 5.74) is 0.810. The summed E-state index contributed by atoms with van der Waals surface area (Å²) in [6.07, 6.45) is 1.58. The van der Waals surface area contributed by atoms with Gasteiger partial charge in [0.15, 0.2) is 0 Å². The molecule has 0 bridgehead atoms. The minimum absolute atomic E-state index is 0.0599. The van der Waals surface area contributed by atoms with E-state index in [4.69, 9.17) is 9.84 Å². The summed E-state index contributed by atoms with van der Waals surface area (Å²) in [7, 11) is 0. The predicted octanol–water partition coefficient (Wildman–Crippen LogP) is 1.77. The van der Waals surface area contributed by atoms with Crippen molar-refractivity contribution in [2.24, 2.45) is 0 Å². The third-order valence-corrected chi connectivity index (χ3v) is 3.85. The fourth-order valence-corrected chi connectivity index (χ4v) is 2.62. The second kappa shape index (κ2) is 8.90. The normalized spacial score (nSPS) is 15.4. The van der Waals surface area contributed by atoms with Crippen LogP contribution < -0.4 is 5.32 Å². The number of rotatable bonds is 6. The van der Waals surface area contributed by atoms with E-state index in [1.165, 1.54) is 0 Å². The van der Waals surface area contributed by atoms with Crippen LogP contribution in [0.2, 0.25) is 0 Å². The molecule has 0 spiro atoms. The second-order valence-electron chi connectivity index (χ2n) is 5.74. The van der Waals surface area contributed by atoms with Gasteiger partial charge >= 0.3 is 12.1 Å². The highest BCUT2D eigenvalue weighted by Gasteiger charge is 2.29. The lowest BCUT2D eigenvalue weighted by atomic mass is 10.1. The monoisotopic (exact) mass is 334 g/mol. The number of piperidine rings is 1. The maximum absolute atomic E-state index is 12.4.